The standard InChI is InChI=1S/C22H18N2O3/c25-21-19-11-5-4-9-17(19)13-20(23-21)22(26)24(15-18-10-6-12-27-18)14-16-7-2-1-3-8-16/h1-13H,14-15H2,(H,23,25). The van der Waals surface area contributed by atoms with Crippen LogP contribution in [0.15, 0.2) is 88.3 Å². The molecule has 5 nitrogen and oxygen atoms in total. The van der Waals surface area contributed by atoms with Crippen LogP contribution in [0.3, 0.4) is 0 Å². The van der Waals surface area contributed by atoms with Crippen molar-refractivity contribution in [3.8, 4) is 0 Å². The molecule has 1 amide bonds. The fourth-order valence-corrected chi connectivity index (χ4v) is 3.09. The second-order valence-electron chi connectivity index (χ2n) is 6.33. The molecule has 0 aliphatic carbocycles. The van der Waals surface area contributed by atoms with E-state index in [1.165, 1.54) is 0 Å². The van der Waals surface area contributed by atoms with E-state index >= 15 is 0 Å². The maximum Gasteiger partial charge on any atom is 0.271 e. The lowest BCUT2D eigenvalue weighted by atomic mass is 10.1. The minimum atomic E-state index is -0.269. The molecule has 1 N–H and O–H groups in total. The summed E-state index contributed by atoms with van der Waals surface area (Å²) in [7, 11) is 0. The highest BCUT2D eigenvalue weighted by atomic mass is 16.3. The van der Waals surface area contributed by atoms with E-state index in [-0.39, 0.29) is 17.2 Å². The van der Waals surface area contributed by atoms with Crippen molar-refractivity contribution in [2.45, 2.75) is 13.1 Å². The first-order valence-corrected chi connectivity index (χ1v) is 8.68. The van der Waals surface area contributed by atoms with Crippen molar-refractivity contribution in [3.05, 3.63) is 106 Å². The molecule has 27 heavy (non-hydrogen) atoms. The number of furan rings is 1. The van der Waals surface area contributed by atoms with Gasteiger partial charge in [-0.25, -0.2) is 0 Å². The molecule has 4 rings (SSSR count). The van der Waals surface area contributed by atoms with E-state index in [1.807, 2.05) is 48.5 Å². The topological polar surface area (TPSA) is 66.3 Å². The number of nitrogens with one attached hydrogen (secondary N) is 1. The average Bonchev–Trinajstić information content (AvgIpc) is 3.21. The first kappa shape index (κ1) is 16.8. The summed E-state index contributed by atoms with van der Waals surface area (Å²) in [4.78, 5) is 29.9. The quantitative estimate of drug-likeness (QED) is 0.587. The summed E-state index contributed by atoms with van der Waals surface area (Å²) in [5.41, 5.74) is 0.996. The minimum absolute atomic E-state index is 0.252. The second-order valence-corrected chi connectivity index (χ2v) is 6.33. The molecule has 0 saturated heterocycles. The van der Waals surface area contributed by atoms with Crippen LogP contribution in [0.2, 0.25) is 0 Å². The van der Waals surface area contributed by atoms with E-state index in [0.29, 0.717) is 24.2 Å². The fraction of sp³-hybridized carbons (Fsp3) is 0.0909. The largest absolute Gasteiger partial charge is 0.467 e. The lowest BCUT2D eigenvalue weighted by Gasteiger charge is -2.22. The van der Waals surface area contributed by atoms with E-state index < -0.39 is 0 Å². The number of pyridine rings is 1. The summed E-state index contributed by atoms with van der Waals surface area (Å²) in [5, 5.41) is 1.30. The van der Waals surface area contributed by atoms with E-state index in [9.17, 15) is 9.59 Å². The van der Waals surface area contributed by atoms with Crippen LogP contribution in [0.5, 0.6) is 0 Å². The highest BCUT2D eigenvalue weighted by Crippen LogP contribution is 2.16. The molecule has 0 bridgehead atoms. The van der Waals surface area contributed by atoms with Gasteiger partial charge in [0.1, 0.15) is 11.5 Å². The molecule has 0 unspecified atom stereocenters. The normalized spacial score (nSPS) is 10.8. The van der Waals surface area contributed by atoms with Gasteiger partial charge in [-0.15, -0.1) is 0 Å². The lowest BCUT2D eigenvalue weighted by molar-refractivity contribution is 0.0711. The fourth-order valence-electron chi connectivity index (χ4n) is 3.09. The zero-order valence-electron chi connectivity index (χ0n) is 14.6. The Morgan fingerprint density at radius 2 is 1.70 bits per heavy atom. The van der Waals surface area contributed by atoms with Crippen LogP contribution >= 0.6 is 0 Å². The van der Waals surface area contributed by atoms with Gasteiger partial charge in [0, 0.05) is 11.9 Å². The predicted molar refractivity (Wildman–Crippen MR) is 103 cm³/mol. The van der Waals surface area contributed by atoms with Crippen LogP contribution < -0.4 is 5.56 Å². The number of nitrogens with zero attached hydrogens (tertiary/aromatic N) is 1. The molecule has 0 radical (unpaired) electrons. The van der Waals surface area contributed by atoms with Crippen LogP contribution in [-0.2, 0) is 13.1 Å². The lowest BCUT2D eigenvalue weighted by Crippen LogP contribution is -2.31. The van der Waals surface area contributed by atoms with Gasteiger partial charge in [0.25, 0.3) is 11.5 Å². The van der Waals surface area contributed by atoms with Gasteiger partial charge in [0.05, 0.1) is 12.8 Å². The number of carbonyl (C=O) groups is 1. The number of carbonyl (C=O) groups excluding carboxylic acids is 1. The molecular weight excluding hydrogens is 340 g/mol. The number of benzene rings is 2. The van der Waals surface area contributed by atoms with Gasteiger partial charge in [-0.2, -0.15) is 0 Å². The van der Waals surface area contributed by atoms with Crippen LogP contribution in [0.25, 0.3) is 10.8 Å². The zero-order valence-corrected chi connectivity index (χ0v) is 14.6. The number of fused-ring (bicyclic) bond motifs is 1. The van der Waals surface area contributed by atoms with Gasteiger partial charge < -0.3 is 14.3 Å². The number of hydrogen-bond acceptors (Lipinski definition) is 3. The minimum Gasteiger partial charge on any atom is -0.467 e. The summed E-state index contributed by atoms with van der Waals surface area (Å²) < 4.78 is 5.42. The number of amides is 1. The molecule has 134 valence electrons. The Kier molecular flexibility index (Phi) is 4.58. The summed E-state index contributed by atoms with van der Waals surface area (Å²) in [5.74, 6) is 0.431. The molecule has 2 aromatic carbocycles. The summed E-state index contributed by atoms with van der Waals surface area (Å²) >= 11 is 0. The molecule has 0 saturated carbocycles. The Bertz CT molecular complexity index is 1120. The van der Waals surface area contributed by atoms with Crippen LogP contribution in [-0.4, -0.2) is 15.8 Å². The molecule has 4 aromatic rings. The molecule has 2 heterocycles. The molecule has 5 heteroatoms. The third-order valence-corrected chi connectivity index (χ3v) is 4.41. The van der Waals surface area contributed by atoms with E-state index in [0.717, 1.165) is 10.9 Å². The molecule has 0 aliphatic rings. The summed E-state index contributed by atoms with van der Waals surface area (Å²) in [6.45, 7) is 0.727. The zero-order chi connectivity index (χ0) is 18.6. The maximum atomic E-state index is 13.2. The highest BCUT2D eigenvalue weighted by molar-refractivity contribution is 5.96. The Labute approximate surface area is 155 Å². The number of hydrogen-bond donors (Lipinski definition) is 1. The van der Waals surface area contributed by atoms with E-state index in [2.05, 4.69) is 4.98 Å². The summed E-state index contributed by atoms with van der Waals surface area (Å²) in [6.07, 6.45) is 1.58. The van der Waals surface area contributed by atoms with Gasteiger partial charge in [0.2, 0.25) is 0 Å². The molecule has 0 fully saturated rings. The van der Waals surface area contributed by atoms with Gasteiger partial charge in [-0.1, -0.05) is 48.5 Å². The van der Waals surface area contributed by atoms with Crippen LogP contribution in [0.4, 0.5) is 0 Å². The van der Waals surface area contributed by atoms with E-state index in [1.54, 1.807) is 35.4 Å². The van der Waals surface area contributed by atoms with Crippen molar-refractivity contribution in [2.75, 3.05) is 0 Å². The molecule has 0 atom stereocenters. The van der Waals surface area contributed by atoms with Gasteiger partial charge in [-0.3, -0.25) is 9.59 Å². The molecular formula is C22H18N2O3. The summed E-state index contributed by atoms with van der Waals surface area (Å²) in [6, 6.07) is 22.3. The van der Waals surface area contributed by atoms with Crippen molar-refractivity contribution in [3.63, 3.8) is 0 Å². The van der Waals surface area contributed by atoms with Crippen molar-refractivity contribution in [1.29, 1.82) is 0 Å². The van der Waals surface area contributed by atoms with Gasteiger partial charge >= 0.3 is 0 Å². The second kappa shape index (κ2) is 7.33. The highest BCUT2D eigenvalue weighted by Gasteiger charge is 2.19. The Morgan fingerprint density at radius 3 is 2.48 bits per heavy atom. The van der Waals surface area contributed by atoms with Gasteiger partial charge in [0.15, 0.2) is 0 Å². The van der Waals surface area contributed by atoms with E-state index in [4.69, 9.17) is 4.42 Å². The molecule has 0 spiro atoms. The Morgan fingerprint density at radius 1 is 0.926 bits per heavy atom. The predicted octanol–water partition coefficient (Wildman–Crippen LogP) is 3.96. The number of H-pyrrole nitrogens is 1. The van der Waals surface area contributed by atoms with Crippen LogP contribution in [0.1, 0.15) is 21.8 Å². The Hall–Kier alpha value is -3.60. The van der Waals surface area contributed by atoms with Gasteiger partial charge in [-0.05, 0) is 35.2 Å². The SMILES string of the molecule is O=C(c1cc2ccccc2c(=O)[nH]1)N(Cc1ccccc1)Cc1ccco1. The third-order valence-electron chi connectivity index (χ3n) is 4.41. The number of aromatic nitrogens is 1. The number of rotatable bonds is 5. The maximum absolute atomic E-state index is 13.2. The van der Waals surface area contributed by atoms with Crippen molar-refractivity contribution >= 4 is 16.7 Å². The number of aromatic amines is 1. The van der Waals surface area contributed by atoms with Crippen molar-refractivity contribution < 1.29 is 9.21 Å². The Balaban J connectivity index is 1.70. The van der Waals surface area contributed by atoms with Crippen LogP contribution in [0, 0.1) is 0 Å². The molecule has 2 aromatic heterocycles. The molecule has 0 aliphatic heterocycles. The monoisotopic (exact) mass is 358 g/mol. The smallest absolute Gasteiger partial charge is 0.271 e. The third kappa shape index (κ3) is 3.67. The average molecular weight is 358 g/mol. The first-order chi connectivity index (χ1) is 13.2. The van der Waals surface area contributed by atoms with Crippen molar-refractivity contribution in [2.24, 2.45) is 0 Å². The first-order valence-electron chi connectivity index (χ1n) is 8.68. The van der Waals surface area contributed by atoms with Crippen molar-refractivity contribution in [1.82, 2.24) is 9.88 Å².